The number of rotatable bonds is 0. The first-order chi connectivity index (χ1) is 8.25. The fourth-order valence-corrected chi connectivity index (χ4v) is 2.66. The molecule has 0 aromatic heterocycles. The lowest BCUT2D eigenvalue weighted by Crippen LogP contribution is -2.44. The maximum absolute atomic E-state index is 13.4. The van der Waals surface area contributed by atoms with Crippen molar-refractivity contribution >= 4 is 0 Å². The predicted octanol–water partition coefficient (Wildman–Crippen LogP) is 1.98. The molecule has 0 bridgehead atoms. The van der Waals surface area contributed by atoms with E-state index in [0.29, 0.717) is 13.2 Å². The third kappa shape index (κ3) is 1.91. The van der Waals surface area contributed by atoms with Crippen molar-refractivity contribution in [3.8, 4) is 5.75 Å². The number of hydrogen-bond acceptors (Lipinski definition) is 3. The molecule has 1 aromatic carbocycles. The summed E-state index contributed by atoms with van der Waals surface area (Å²) in [5.74, 6) is 0.527. The standard InChI is InChI=1S/C13H16FNO2/c1-15-5-7-17-13-10-8-9(14)2-3-12(10)16-6-4-11(13)15/h2-3,8,11,13H,4-7H2,1H3/t11-,13-/m0/s1. The summed E-state index contributed by atoms with van der Waals surface area (Å²) in [6.07, 6.45) is 0.847. The Morgan fingerprint density at radius 2 is 2.24 bits per heavy atom. The summed E-state index contributed by atoms with van der Waals surface area (Å²) < 4.78 is 24.9. The van der Waals surface area contributed by atoms with Crippen LogP contribution in [-0.2, 0) is 4.74 Å². The molecule has 4 heteroatoms. The van der Waals surface area contributed by atoms with Gasteiger partial charge in [-0.25, -0.2) is 4.39 Å². The molecule has 0 unspecified atom stereocenters. The lowest BCUT2D eigenvalue weighted by Gasteiger charge is -2.38. The predicted molar refractivity (Wildman–Crippen MR) is 61.6 cm³/mol. The SMILES string of the molecule is CN1CCO[C@H]2c3cc(F)ccc3OCC[C@@H]21. The molecule has 3 nitrogen and oxygen atoms in total. The summed E-state index contributed by atoms with van der Waals surface area (Å²) in [6, 6.07) is 4.96. The van der Waals surface area contributed by atoms with E-state index in [1.165, 1.54) is 12.1 Å². The van der Waals surface area contributed by atoms with Crippen molar-refractivity contribution in [3.63, 3.8) is 0 Å². The zero-order valence-corrected chi connectivity index (χ0v) is 9.86. The molecule has 2 aliphatic rings. The van der Waals surface area contributed by atoms with Crippen LogP contribution in [0, 0.1) is 5.82 Å². The number of likely N-dealkylation sites (N-methyl/N-ethyl adjacent to an activating group) is 1. The van der Waals surface area contributed by atoms with E-state index in [0.717, 1.165) is 24.3 Å². The van der Waals surface area contributed by atoms with Crippen molar-refractivity contribution in [1.82, 2.24) is 4.90 Å². The first-order valence-corrected chi connectivity index (χ1v) is 6.00. The van der Waals surface area contributed by atoms with Gasteiger partial charge in [-0.05, 0) is 31.7 Å². The molecule has 2 atom stereocenters. The highest BCUT2D eigenvalue weighted by Crippen LogP contribution is 2.38. The molecular weight excluding hydrogens is 221 g/mol. The molecule has 0 amide bonds. The van der Waals surface area contributed by atoms with Crippen molar-refractivity contribution < 1.29 is 13.9 Å². The second-order valence-corrected chi connectivity index (χ2v) is 4.66. The number of benzene rings is 1. The smallest absolute Gasteiger partial charge is 0.125 e. The second-order valence-electron chi connectivity index (χ2n) is 4.66. The Bertz CT molecular complexity index is 424. The van der Waals surface area contributed by atoms with Gasteiger partial charge in [-0.3, -0.25) is 4.90 Å². The second kappa shape index (κ2) is 4.27. The maximum atomic E-state index is 13.4. The summed E-state index contributed by atoms with van der Waals surface area (Å²) in [4.78, 5) is 2.28. The molecule has 0 N–H and O–H groups in total. The third-order valence-corrected chi connectivity index (χ3v) is 3.61. The van der Waals surface area contributed by atoms with Gasteiger partial charge in [0, 0.05) is 18.2 Å². The number of hydrogen-bond donors (Lipinski definition) is 0. The lowest BCUT2D eigenvalue weighted by molar-refractivity contribution is -0.0645. The Morgan fingerprint density at radius 1 is 1.35 bits per heavy atom. The molecule has 0 aliphatic carbocycles. The molecular formula is C13H16FNO2. The van der Waals surface area contributed by atoms with Crippen LogP contribution in [0.4, 0.5) is 4.39 Å². The van der Waals surface area contributed by atoms with E-state index in [1.807, 2.05) is 0 Å². The highest BCUT2D eigenvalue weighted by Gasteiger charge is 2.35. The molecule has 2 heterocycles. The Morgan fingerprint density at radius 3 is 3.12 bits per heavy atom. The van der Waals surface area contributed by atoms with E-state index < -0.39 is 0 Å². The number of halogens is 1. The lowest BCUT2D eigenvalue weighted by atomic mass is 9.97. The molecule has 1 fully saturated rings. The van der Waals surface area contributed by atoms with Gasteiger partial charge in [0.05, 0.1) is 13.2 Å². The van der Waals surface area contributed by atoms with E-state index in [-0.39, 0.29) is 18.0 Å². The third-order valence-electron chi connectivity index (χ3n) is 3.61. The van der Waals surface area contributed by atoms with Crippen molar-refractivity contribution in [2.45, 2.75) is 18.6 Å². The van der Waals surface area contributed by atoms with Crippen molar-refractivity contribution in [1.29, 1.82) is 0 Å². The summed E-state index contributed by atoms with van der Waals surface area (Å²) in [6.45, 7) is 2.27. The van der Waals surface area contributed by atoms with Crippen LogP contribution in [-0.4, -0.2) is 37.7 Å². The quantitative estimate of drug-likeness (QED) is 0.688. The highest BCUT2D eigenvalue weighted by molar-refractivity contribution is 5.37. The van der Waals surface area contributed by atoms with Crippen LogP contribution in [0.15, 0.2) is 18.2 Å². The minimum absolute atomic E-state index is 0.0676. The number of fused-ring (bicyclic) bond motifs is 3. The molecule has 0 spiro atoms. The van der Waals surface area contributed by atoms with E-state index >= 15 is 0 Å². The van der Waals surface area contributed by atoms with E-state index in [2.05, 4.69) is 11.9 Å². The molecule has 3 rings (SSSR count). The van der Waals surface area contributed by atoms with E-state index in [4.69, 9.17) is 9.47 Å². The van der Waals surface area contributed by atoms with Crippen molar-refractivity contribution in [3.05, 3.63) is 29.6 Å². The Kier molecular flexibility index (Phi) is 2.76. The topological polar surface area (TPSA) is 21.7 Å². The minimum atomic E-state index is -0.232. The van der Waals surface area contributed by atoms with E-state index in [9.17, 15) is 4.39 Å². The molecule has 2 aliphatic heterocycles. The van der Waals surface area contributed by atoms with Gasteiger partial charge in [0.2, 0.25) is 0 Å². The molecule has 0 saturated carbocycles. The van der Waals surface area contributed by atoms with Gasteiger partial charge < -0.3 is 9.47 Å². The van der Waals surface area contributed by atoms with Gasteiger partial charge in [0.1, 0.15) is 17.7 Å². The Labute approximate surface area is 100 Å². The average Bonchev–Trinajstić information content (AvgIpc) is 2.50. The van der Waals surface area contributed by atoms with Crippen molar-refractivity contribution in [2.75, 3.05) is 26.8 Å². The zero-order chi connectivity index (χ0) is 11.8. The monoisotopic (exact) mass is 237 g/mol. The Balaban J connectivity index is 2.02. The molecule has 1 saturated heterocycles. The Hall–Kier alpha value is -1.13. The van der Waals surface area contributed by atoms with Crippen LogP contribution in [0.5, 0.6) is 5.75 Å². The minimum Gasteiger partial charge on any atom is -0.493 e. The normalized spacial score (nSPS) is 28.8. The molecule has 17 heavy (non-hydrogen) atoms. The van der Waals surface area contributed by atoms with Crippen molar-refractivity contribution in [2.24, 2.45) is 0 Å². The largest absolute Gasteiger partial charge is 0.493 e. The van der Waals surface area contributed by atoms with Gasteiger partial charge in [-0.15, -0.1) is 0 Å². The number of nitrogens with zero attached hydrogens (tertiary/aromatic N) is 1. The van der Waals surface area contributed by atoms with Crippen LogP contribution in [0.1, 0.15) is 18.1 Å². The van der Waals surface area contributed by atoms with Crippen LogP contribution in [0.2, 0.25) is 0 Å². The summed E-state index contributed by atoms with van der Waals surface area (Å²) in [5.41, 5.74) is 0.846. The van der Waals surface area contributed by atoms with Gasteiger partial charge in [-0.2, -0.15) is 0 Å². The first kappa shape index (κ1) is 11.0. The van der Waals surface area contributed by atoms with E-state index in [1.54, 1.807) is 6.07 Å². The van der Waals surface area contributed by atoms with Crippen LogP contribution < -0.4 is 4.74 Å². The number of ether oxygens (including phenoxy) is 2. The maximum Gasteiger partial charge on any atom is 0.125 e. The summed E-state index contributed by atoms with van der Waals surface area (Å²) in [7, 11) is 2.09. The summed E-state index contributed by atoms with van der Waals surface area (Å²) >= 11 is 0. The first-order valence-electron chi connectivity index (χ1n) is 6.00. The van der Waals surface area contributed by atoms with Gasteiger partial charge in [0.25, 0.3) is 0 Å². The number of morpholine rings is 1. The summed E-state index contributed by atoms with van der Waals surface area (Å²) in [5, 5.41) is 0. The van der Waals surface area contributed by atoms with Gasteiger partial charge in [-0.1, -0.05) is 0 Å². The average molecular weight is 237 g/mol. The van der Waals surface area contributed by atoms with Crippen LogP contribution in [0.25, 0.3) is 0 Å². The van der Waals surface area contributed by atoms with Gasteiger partial charge in [0.15, 0.2) is 0 Å². The molecule has 1 aromatic rings. The molecule has 0 radical (unpaired) electrons. The zero-order valence-electron chi connectivity index (χ0n) is 9.86. The van der Waals surface area contributed by atoms with Crippen LogP contribution in [0.3, 0.4) is 0 Å². The fourth-order valence-electron chi connectivity index (χ4n) is 2.66. The highest BCUT2D eigenvalue weighted by atomic mass is 19.1. The van der Waals surface area contributed by atoms with Crippen LogP contribution >= 0.6 is 0 Å². The fraction of sp³-hybridized carbons (Fsp3) is 0.538. The molecule has 92 valence electrons. The van der Waals surface area contributed by atoms with Gasteiger partial charge >= 0.3 is 0 Å².